The first kappa shape index (κ1) is 7.90. The topological polar surface area (TPSA) is 104 Å². The zero-order valence-corrected chi connectivity index (χ0v) is 4.63. The van der Waals surface area contributed by atoms with Gasteiger partial charge >= 0.3 is 5.97 Å². The predicted molar refractivity (Wildman–Crippen MR) is 28.3 cm³/mol. The molecule has 0 rings (SSSR count). The summed E-state index contributed by atoms with van der Waals surface area (Å²) in [5.41, 5.74) is 11.2. The average molecular weight is 131 g/mol. The van der Waals surface area contributed by atoms with Crippen LogP contribution in [-0.2, 0) is 9.59 Å². The predicted octanol–water partition coefficient (Wildman–Crippen LogP) is -1.40. The zero-order chi connectivity index (χ0) is 7.44. The number of carbonyl (C=O) groups excluding carboxylic acids is 1. The van der Waals surface area contributed by atoms with Crippen molar-refractivity contribution in [3.05, 3.63) is 0 Å². The minimum atomic E-state index is -1.18. The molecule has 0 bridgehead atoms. The average Bonchev–Trinajstić information content (AvgIpc) is 1.63. The highest BCUT2D eigenvalue weighted by atomic mass is 16.4. The number of carboxylic acids is 1. The van der Waals surface area contributed by atoms with Crippen molar-refractivity contribution in [2.75, 3.05) is 0 Å². The van der Waals surface area contributed by atoms with Gasteiger partial charge in [-0.05, 0) is 0 Å². The van der Waals surface area contributed by atoms with E-state index in [0.29, 0.717) is 0 Å². The van der Waals surface area contributed by atoms with E-state index in [2.05, 4.69) is 0 Å². The van der Waals surface area contributed by atoms with Gasteiger partial charge in [0, 0.05) is 0 Å². The highest BCUT2D eigenvalue weighted by Crippen LogP contribution is 1.85. The fourth-order valence-electron chi connectivity index (χ4n) is 0.281. The van der Waals surface area contributed by atoms with Crippen LogP contribution in [0.5, 0.6) is 0 Å². The SMILES string of the molecule is [NH]C(=O)[C@H](N)CC(=O)O. The Hall–Kier alpha value is -1.10. The first-order chi connectivity index (χ1) is 4.04. The smallest absolute Gasteiger partial charge is 0.305 e. The Balaban J connectivity index is 3.63. The fourth-order valence-corrected chi connectivity index (χ4v) is 0.281. The van der Waals surface area contributed by atoms with Crippen molar-refractivity contribution in [2.45, 2.75) is 12.5 Å². The molecule has 5 heteroatoms. The summed E-state index contributed by atoms with van der Waals surface area (Å²) in [5, 5.41) is 8.02. The van der Waals surface area contributed by atoms with Crippen molar-refractivity contribution in [3.63, 3.8) is 0 Å². The van der Waals surface area contributed by atoms with E-state index in [4.69, 9.17) is 16.6 Å². The molecule has 0 aliphatic rings. The van der Waals surface area contributed by atoms with Gasteiger partial charge < -0.3 is 10.8 Å². The Morgan fingerprint density at radius 3 is 2.22 bits per heavy atom. The van der Waals surface area contributed by atoms with Crippen LogP contribution in [-0.4, -0.2) is 23.0 Å². The maximum Gasteiger partial charge on any atom is 0.305 e. The van der Waals surface area contributed by atoms with Gasteiger partial charge in [-0.25, -0.2) is 0 Å². The molecule has 0 spiro atoms. The molecule has 1 atom stereocenters. The summed E-state index contributed by atoms with van der Waals surface area (Å²) in [4.78, 5) is 19.8. The van der Waals surface area contributed by atoms with Gasteiger partial charge in [0.1, 0.15) is 0 Å². The second-order valence-electron chi connectivity index (χ2n) is 1.57. The molecule has 0 heterocycles. The Morgan fingerprint density at radius 2 is 2.11 bits per heavy atom. The number of aliphatic carboxylic acids is 1. The largest absolute Gasteiger partial charge is 0.481 e. The van der Waals surface area contributed by atoms with Crippen LogP contribution in [0.25, 0.3) is 0 Å². The van der Waals surface area contributed by atoms with Gasteiger partial charge in [0.05, 0.1) is 12.5 Å². The van der Waals surface area contributed by atoms with Crippen LogP contribution in [0.1, 0.15) is 6.42 Å². The quantitative estimate of drug-likeness (QED) is 0.491. The molecule has 0 aliphatic heterocycles. The molecule has 0 aliphatic carbocycles. The first-order valence-electron chi connectivity index (χ1n) is 2.27. The molecule has 0 aromatic rings. The van der Waals surface area contributed by atoms with Crippen molar-refractivity contribution in [1.82, 2.24) is 5.73 Å². The van der Waals surface area contributed by atoms with Crippen LogP contribution in [0, 0.1) is 0 Å². The number of nitrogens with one attached hydrogen (secondary N) is 1. The summed E-state index contributed by atoms with van der Waals surface area (Å²) >= 11 is 0. The van der Waals surface area contributed by atoms with E-state index in [1.807, 2.05) is 0 Å². The van der Waals surface area contributed by atoms with Crippen LogP contribution < -0.4 is 11.5 Å². The maximum absolute atomic E-state index is 9.96. The highest BCUT2D eigenvalue weighted by Gasteiger charge is 2.13. The van der Waals surface area contributed by atoms with Crippen LogP contribution in [0.15, 0.2) is 0 Å². The summed E-state index contributed by atoms with van der Waals surface area (Å²) in [6, 6.07) is -1.18. The monoisotopic (exact) mass is 131 g/mol. The van der Waals surface area contributed by atoms with Gasteiger partial charge in [-0.15, -0.1) is 0 Å². The molecule has 0 fully saturated rings. The van der Waals surface area contributed by atoms with E-state index in [0.717, 1.165) is 0 Å². The van der Waals surface area contributed by atoms with Crippen LogP contribution in [0.2, 0.25) is 0 Å². The molecule has 1 radical (unpaired) electrons. The van der Waals surface area contributed by atoms with E-state index < -0.39 is 24.3 Å². The van der Waals surface area contributed by atoms with Crippen LogP contribution in [0.4, 0.5) is 0 Å². The second kappa shape index (κ2) is 3.03. The third kappa shape index (κ3) is 3.48. The number of hydrogen-bond donors (Lipinski definition) is 2. The van der Waals surface area contributed by atoms with Crippen molar-refractivity contribution >= 4 is 11.9 Å². The van der Waals surface area contributed by atoms with Gasteiger partial charge in [-0.3, -0.25) is 15.3 Å². The van der Waals surface area contributed by atoms with Crippen molar-refractivity contribution in [2.24, 2.45) is 5.73 Å². The lowest BCUT2D eigenvalue weighted by Gasteiger charge is -1.99. The molecule has 51 valence electrons. The minimum absolute atomic E-state index is 0.470. The molecule has 9 heavy (non-hydrogen) atoms. The number of rotatable bonds is 3. The third-order valence-corrected chi connectivity index (χ3v) is 0.731. The van der Waals surface area contributed by atoms with Gasteiger partial charge in [-0.2, -0.15) is 0 Å². The fraction of sp³-hybridized carbons (Fsp3) is 0.500. The number of carboxylic acid groups (broad SMARTS) is 1. The van der Waals surface area contributed by atoms with Crippen molar-refractivity contribution in [3.8, 4) is 0 Å². The normalized spacial score (nSPS) is 12.6. The molecule has 0 aromatic heterocycles. The second-order valence-corrected chi connectivity index (χ2v) is 1.57. The highest BCUT2D eigenvalue weighted by molar-refractivity contribution is 5.83. The number of amides is 1. The van der Waals surface area contributed by atoms with Crippen LogP contribution in [0.3, 0.4) is 0 Å². The lowest BCUT2D eigenvalue weighted by atomic mass is 10.2. The molecule has 0 saturated carbocycles. The van der Waals surface area contributed by atoms with Crippen molar-refractivity contribution < 1.29 is 14.7 Å². The van der Waals surface area contributed by atoms with Gasteiger partial charge in [-0.1, -0.05) is 0 Å². The Bertz CT molecular complexity index is 134. The molecular formula is C4H7N2O3. The van der Waals surface area contributed by atoms with E-state index >= 15 is 0 Å². The molecule has 0 aromatic carbocycles. The maximum atomic E-state index is 9.96. The van der Waals surface area contributed by atoms with Gasteiger partial charge in [0.25, 0.3) is 5.91 Å². The van der Waals surface area contributed by atoms with Crippen molar-refractivity contribution in [1.29, 1.82) is 0 Å². The zero-order valence-electron chi connectivity index (χ0n) is 4.63. The summed E-state index contributed by atoms with van der Waals surface area (Å²) in [7, 11) is 0. The Labute approximate surface area is 51.6 Å². The van der Waals surface area contributed by atoms with E-state index in [-0.39, 0.29) is 0 Å². The van der Waals surface area contributed by atoms with Gasteiger partial charge in [0.2, 0.25) is 0 Å². The lowest BCUT2D eigenvalue weighted by Crippen LogP contribution is -2.33. The summed E-state index contributed by atoms with van der Waals surface area (Å²) in [5.74, 6) is -2.21. The number of carbonyl (C=O) groups is 2. The third-order valence-electron chi connectivity index (χ3n) is 0.731. The molecular weight excluding hydrogens is 124 g/mol. The number of hydrogen-bond acceptors (Lipinski definition) is 3. The molecule has 1 amide bonds. The molecule has 5 nitrogen and oxygen atoms in total. The van der Waals surface area contributed by atoms with Crippen LogP contribution >= 0.6 is 0 Å². The summed E-state index contributed by atoms with van der Waals surface area (Å²) in [6.45, 7) is 0. The molecule has 0 unspecified atom stereocenters. The number of nitrogens with two attached hydrogens (primary N) is 1. The van der Waals surface area contributed by atoms with E-state index in [1.54, 1.807) is 0 Å². The Morgan fingerprint density at radius 1 is 1.67 bits per heavy atom. The van der Waals surface area contributed by atoms with E-state index in [1.165, 1.54) is 0 Å². The van der Waals surface area contributed by atoms with Gasteiger partial charge in [0.15, 0.2) is 0 Å². The summed E-state index contributed by atoms with van der Waals surface area (Å²) < 4.78 is 0. The summed E-state index contributed by atoms with van der Waals surface area (Å²) in [6.07, 6.45) is -0.470. The molecule has 4 N–H and O–H groups in total. The lowest BCUT2D eigenvalue weighted by molar-refractivity contribution is -0.139. The first-order valence-corrected chi connectivity index (χ1v) is 2.27. The Kier molecular flexibility index (Phi) is 2.66. The minimum Gasteiger partial charge on any atom is -0.481 e. The standard InChI is InChI=1S/C4H7N2O3/c5-2(4(6)9)1-3(7)8/h2,6H,1,5H2,(H,7,8)/t2-/m1/s1. The molecule has 0 saturated heterocycles. The van der Waals surface area contributed by atoms with E-state index in [9.17, 15) is 9.59 Å².